The second-order valence-electron chi connectivity index (χ2n) is 4.28. The molecule has 0 aliphatic rings. The van der Waals surface area contributed by atoms with Gasteiger partial charge in [0.15, 0.2) is 5.82 Å². The summed E-state index contributed by atoms with van der Waals surface area (Å²) in [4.78, 5) is 10.5. The minimum atomic E-state index is -3.72. The maximum Gasteiger partial charge on any atom is 0.328 e. The Morgan fingerprint density at radius 1 is 1.33 bits per heavy atom. The summed E-state index contributed by atoms with van der Waals surface area (Å²) < 4.78 is 26.6. The fraction of sp³-hybridized carbons (Fsp3) is 0.0769. The standard InChI is InChI=1S/C13H13N3O4S/c1-9-8-12(15-14-9)16-21(19,20)11-5-2-10(3-6-11)4-7-13(17)18/h2-8H,1H3,(H,17,18)(H2,14,15,16). The molecular weight excluding hydrogens is 294 g/mol. The molecule has 2 aromatic rings. The van der Waals surface area contributed by atoms with Crippen LogP contribution in [0.5, 0.6) is 0 Å². The first-order valence-corrected chi connectivity index (χ1v) is 7.41. The van der Waals surface area contributed by atoms with Crippen molar-refractivity contribution in [2.24, 2.45) is 0 Å². The van der Waals surface area contributed by atoms with Crippen molar-refractivity contribution in [2.45, 2.75) is 11.8 Å². The lowest BCUT2D eigenvalue weighted by molar-refractivity contribution is -0.131. The summed E-state index contributed by atoms with van der Waals surface area (Å²) >= 11 is 0. The monoisotopic (exact) mass is 307 g/mol. The Morgan fingerprint density at radius 2 is 2.00 bits per heavy atom. The van der Waals surface area contributed by atoms with Gasteiger partial charge in [0.1, 0.15) is 0 Å². The lowest BCUT2D eigenvalue weighted by Crippen LogP contribution is -2.13. The van der Waals surface area contributed by atoms with Gasteiger partial charge in [-0.3, -0.25) is 9.82 Å². The van der Waals surface area contributed by atoms with Crippen LogP contribution in [0.15, 0.2) is 41.3 Å². The highest BCUT2D eigenvalue weighted by atomic mass is 32.2. The zero-order valence-electron chi connectivity index (χ0n) is 11.1. The van der Waals surface area contributed by atoms with Gasteiger partial charge in [-0.15, -0.1) is 0 Å². The predicted octanol–water partition coefficient (Wildman–Crippen LogP) is 1.62. The summed E-state index contributed by atoms with van der Waals surface area (Å²) in [5, 5.41) is 15.0. The first-order chi connectivity index (χ1) is 9.87. The van der Waals surface area contributed by atoms with E-state index in [9.17, 15) is 13.2 Å². The van der Waals surface area contributed by atoms with Crippen LogP contribution in [-0.4, -0.2) is 29.7 Å². The van der Waals surface area contributed by atoms with Gasteiger partial charge in [0.25, 0.3) is 10.0 Å². The van der Waals surface area contributed by atoms with E-state index in [2.05, 4.69) is 14.9 Å². The number of hydrogen-bond acceptors (Lipinski definition) is 4. The van der Waals surface area contributed by atoms with Gasteiger partial charge in [-0.1, -0.05) is 12.1 Å². The Kier molecular flexibility index (Phi) is 4.08. The average Bonchev–Trinajstić information content (AvgIpc) is 2.81. The zero-order chi connectivity index (χ0) is 15.5. The van der Waals surface area contributed by atoms with Crippen molar-refractivity contribution < 1.29 is 18.3 Å². The SMILES string of the molecule is Cc1cc(NS(=O)(=O)c2ccc(C=CC(=O)O)cc2)n[nH]1. The Hall–Kier alpha value is -2.61. The third-order valence-corrected chi connectivity index (χ3v) is 3.92. The topological polar surface area (TPSA) is 112 Å². The molecule has 110 valence electrons. The number of aliphatic carboxylic acids is 1. The fourth-order valence-corrected chi connectivity index (χ4v) is 2.58. The molecule has 0 fully saturated rings. The Balaban J connectivity index is 2.19. The molecular formula is C13H13N3O4S. The number of carboxylic acid groups (broad SMARTS) is 1. The van der Waals surface area contributed by atoms with E-state index in [1.165, 1.54) is 30.3 Å². The smallest absolute Gasteiger partial charge is 0.328 e. The van der Waals surface area contributed by atoms with E-state index in [4.69, 9.17) is 5.11 Å². The van der Waals surface area contributed by atoms with E-state index >= 15 is 0 Å². The van der Waals surface area contributed by atoms with Gasteiger partial charge in [-0.2, -0.15) is 5.10 Å². The minimum absolute atomic E-state index is 0.0654. The van der Waals surface area contributed by atoms with E-state index in [0.717, 1.165) is 11.8 Å². The highest BCUT2D eigenvalue weighted by molar-refractivity contribution is 7.92. The summed E-state index contributed by atoms with van der Waals surface area (Å²) in [6, 6.07) is 7.39. The molecule has 0 aliphatic heterocycles. The summed E-state index contributed by atoms with van der Waals surface area (Å²) in [7, 11) is -3.72. The lowest BCUT2D eigenvalue weighted by atomic mass is 10.2. The summed E-state index contributed by atoms with van der Waals surface area (Å²) in [6.45, 7) is 1.76. The van der Waals surface area contributed by atoms with Gasteiger partial charge in [0.05, 0.1) is 4.90 Å². The van der Waals surface area contributed by atoms with Crippen LogP contribution in [0.1, 0.15) is 11.3 Å². The average molecular weight is 307 g/mol. The first-order valence-electron chi connectivity index (χ1n) is 5.93. The van der Waals surface area contributed by atoms with E-state index in [-0.39, 0.29) is 10.7 Å². The second kappa shape index (κ2) is 5.80. The van der Waals surface area contributed by atoms with Crippen LogP contribution in [0.4, 0.5) is 5.82 Å². The normalized spacial score (nSPS) is 11.7. The molecule has 0 unspecified atom stereocenters. The quantitative estimate of drug-likeness (QED) is 0.727. The number of carbonyl (C=O) groups is 1. The van der Waals surface area contributed by atoms with Gasteiger partial charge in [-0.05, 0) is 30.7 Å². The molecule has 0 aliphatic carbocycles. The number of aromatic nitrogens is 2. The van der Waals surface area contributed by atoms with Crippen LogP contribution < -0.4 is 4.72 Å². The van der Waals surface area contributed by atoms with E-state index < -0.39 is 16.0 Å². The third-order valence-electron chi connectivity index (χ3n) is 2.55. The molecule has 1 aromatic carbocycles. The molecule has 8 heteroatoms. The van der Waals surface area contributed by atoms with Crippen molar-refractivity contribution in [1.82, 2.24) is 10.2 Å². The molecule has 0 saturated carbocycles. The molecule has 0 amide bonds. The maximum atomic E-state index is 12.1. The van der Waals surface area contributed by atoms with Crippen molar-refractivity contribution in [1.29, 1.82) is 0 Å². The maximum absolute atomic E-state index is 12.1. The molecule has 0 spiro atoms. The highest BCUT2D eigenvalue weighted by Gasteiger charge is 2.15. The molecule has 0 radical (unpaired) electrons. The number of H-pyrrole nitrogens is 1. The lowest BCUT2D eigenvalue weighted by Gasteiger charge is -2.05. The number of carboxylic acids is 1. The van der Waals surface area contributed by atoms with Gasteiger partial charge in [-0.25, -0.2) is 13.2 Å². The number of rotatable bonds is 5. The molecule has 2 rings (SSSR count). The number of nitrogens with zero attached hydrogens (tertiary/aromatic N) is 1. The molecule has 1 heterocycles. The van der Waals surface area contributed by atoms with Crippen molar-refractivity contribution >= 4 is 27.9 Å². The van der Waals surface area contributed by atoms with Crippen molar-refractivity contribution in [3.63, 3.8) is 0 Å². The largest absolute Gasteiger partial charge is 0.478 e. The molecule has 0 bridgehead atoms. The Labute approximate surface area is 121 Å². The van der Waals surface area contributed by atoms with Gasteiger partial charge in [0.2, 0.25) is 0 Å². The molecule has 0 saturated heterocycles. The van der Waals surface area contributed by atoms with Crippen LogP contribution >= 0.6 is 0 Å². The van der Waals surface area contributed by atoms with E-state index in [0.29, 0.717) is 5.56 Å². The Morgan fingerprint density at radius 3 is 2.52 bits per heavy atom. The van der Waals surface area contributed by atoms with Crippen molar-refractivity contribution in [3.8, 4) is 0 Å². The van der Waals surface area contributed by atoms with Gasteiger partial charge >= 0.3 is 5.97 Å². The summed E-state index contributed by atoms with van der Waals surface area (Å²) in [5.74, 6) is -0.857. The molecule has 1 aromatic heterocycles. The number of benzene rings is 1. The predicted molar refractivity (Wildman–Crippen MR) is 77.2 cm³/mol. The summed E-state index contributed by atoms with van der Waals surface area (Å²) in [6.07, 6.45) is 2.36. The number of nitrogens with one attached hydrogen (secondary N) is 2. The number of aromatic amines is 1. The molecule has 0 atom stereocenters. The third kappa shape index (κ3) is 3.93. The van der Waals surface area contributed by atoms with Crippen molar-refractivity contribution in [3.05, 3.63) is 47.7 Å². The van der Waals surface area contributed by atoms with Gasteiger partial charge < -0.3 is 5.11 Å². The van der Waals surface area contributed by atoms with Crippen LogP contribution in [-0.2, 0) is 14.8 Å². The second-order valence-corrected chi connectivity index (χ2v) is 5.96. The van der Waals surface area contributed by atoms with E-state index in [1.807, 2.05) is 0 Å². The number of anilines is 1. The fourth-order valence-electron chi connectivity index (χ4n) is 1.59. The zero-order valence-corrected chi connectivity index (χ0v) is 11.9. The minimum Gasteiger partial charge on any atom is -0.478 e. The van der Waals surface area contributed by atoms with Crippen molar-refractivity contribution in [2.75, 3.05) is 4.72 Å². The summed E-state index contributed by atoms with van der Waals surface area (Å²) in [5.41, 5.74) is 1.33. The Bertz CT molecular complexity index is 776. The number of hydrogen-bond donors (Lipinski definition) is 3. The van der Waals surface area contributed by atoms with Crippen LogP contribution in [0, 0.1) is 6.92 Å². The van der Waals surface area contributed by atoms with Crippen LogP contribution in [0.2, 0.25) is 0 Å². The number of aryl methyl sites for hydroxylation is 1. The molecule has 7 nitrogen and oxygen atoms in total. The molecule has 21 heavy (non-hydrogen) atoms. The molecule has 3 N–H and O–H groups in total. The van der Waals surface area contributed by atoms with Gasteiger partial charge in [0, 0.05) is 17.8 Å². The first kappa shape index (κ1) is 14.8. The highest BCUT2D eigenvalue weighted by Crippen LogP contribution is 2.16. The number of sulfonamides is 1. The van der Waals surface area contributed by atoms with Crippen LogP contribution in [0.3, 0.4) is 0 Å². The van der Waals surface area contributed by atoms with Crippen LogP contribution in [0.25, 0.3) is 6.08 Å². The van der Waals surface area contributed by atoms with E-state index in [1.54, 1.807) is 13.0 Å².